The number of unbranched alkanes of at least 4 members (excludes halogenated alkanes) is 1. The van der Waals surface area contributed by atoms with E-state index in [4.69, 9.17) is 5.41 Å². The van der Waals surface area contributed by atoms with Crippen molar-refractivity contribution in [2.45, 2.75) is 59.0 Å². The molecular weight excluding hydrogens is 556 g/mol. The van der Waals surface area contributed by atoms with Crippen LogP contribution in [0.15, 0.2) is 66.7 Å². The fourth-order valence-electron chi connectivity index (χ4n) is 4.63. The fraction of sp³-hybridized carbons (Fsp3) is 0.323. The first kappa shape index (κ1) is 29.9. The van der Waals surface area contributed by atoms with E-state index >= 15 is 0 Å². The van der Waals surface area contributed by atoms with Crippen molar-refractivity contribution in [1.29, 1.82) is 5.41 Å². The van der Waals surface area contributed by atoms with Gasteiger partial charge in [0.1, 0.15) is 5.75 Å². The SMILES string of the molecule is Br.CCCCNC(=O)c1cc(C(=O)Cn2c(=N)n(Cc3ccccc3)c3ccccc32)cc(C(C)(C)C)c1O. The van der Waals surface area contributed by atoms with E-state index in [0.717, 1.165) is 29.4 Å². The largest absolute Gasteiger partial charge is 0.507 e. The maximum atomic E-state index is 13.7. The van der Waals surface area contributed by atoms with Crippen molar-refractivity contribution in [3.8, 4) is 5.75 Å². The van der Waals surface area contributed by atoms with Gasteiger partial charge < -0.3 is 19.6 Å². The molecule has 0 aliphatic carbocycles. The first-order valence-electron chi connectivity index (χ1n) is 13.1. The number of carbonyl (C=O) groups excluding carboxylic acids is 2. The van der Waals surface area contributed by atoms with E-state index in [9.17, 15) is 14.7 Å². The molecule has 0 radical (unpaired) electrons. The van der Waals surface area contributed by atoms with Gasteiger partial charge in [-0.3, -0.25) is 15.0 Å². The van der Waals surface area contributed by atoms with Crippen molar-refractivity contribution in [1.82, 2.24) is 14.5 Å². The third-order valence-electron chi connectivity index (χ3n) is 6.76. The summed E-state index contributed by atoms with van der Waals surface area (Å²) in [4.78, 5) is 26.6. The fourth-order valence-corrected chi connectivity index (χ4v) is 4.63. The predicted molar refractivity (Wildman–Crippen MR) is 160 cm³/mol. The number of imidazole rings is 1. The second kappa shape index (κ2) is 12.5. The zero-order chi connectivity index (χ0) is 27.4. The minimum absolute atomic E-state index is 0. The Labute approximate surface area is 239 Å². The van der Waals surface area contributed by atoms with Crippen molar-refractivity contribution in [2.24, 2.45) is 0 Å². The zero-order valence-electron chi connectivity index (χ0n) is 23.0. The Kier molecular flexibility index (Phi) is 9.56. The van der Waals surface area contributed by atoms with Gasteiger partial charge in [0.15, 0.2) is 5.78 Å². The monoisotopic (exact) mass is 592 g/mol. The second-order valence-corrected chi connectivity index (χ2v) is 10.7. The van der Waals surface area contributed by atoms with Gasteiger partial charge in [0.25, 0.3) is 5.91 Å². The number of para-hydroxylation sites is 2. The van der Waals surface area contributed by atoms with E-state index in [0.29, 0.717) is 24.2 Å². The summed E-state index contributed by atoms with van der Waals surface area (Å²) in [5, 5.41) is 22.7. The summed E-state index contributed by atoms with van der Waals surface area (Å²) < 4.78 is 3.59. The standard InChI is InChI=1S/C31H36N4O3.BrH/c1-5-6-16-33-29(38)23-17-22(18-24(28(23)37)31(2,3)4)27(36)20-35-26-15-11-10-14-25(26)34(30(35)32)19-21-12-8-7-9-13-21;/h7-15,17-18,32,37H,5-6,16,19-20H2,1-4H3,(H,33,38);1H. The van der Waals surface area contributed by atoms with Crippen LogP contribution in [-0.4, -0.2) is 32.5 Å². The number of hydrogen-bond acceptors (Lipinski definition) is 4. The number of ketones is 1. The van der Waals surface area contributed by atoms with E-state index in [1.54, 1.807) is 10.6 Å². The van der Waals surface area contributed by atoms with Gasteiger partial charge in [0.2, 0.25) is 5.62 Å². The predicted octanol–water partition coefficient (Wildman–Crippen LogP) is 5.96. The van der Waals surface area contributed by atoms with E-state index < -0.39 is 11.3 Å². The van der Waals surface area contributed by atoms with Crippen LogP contribution in [0.1, 0.15) is 72.4 Å². The van der Waals surface area contributed by atoms with Gasteiger partial charge in [-0.15, -0.1) is 17.0 Å². The summed E-state index contributed by atoms with van der Waals surface area (Å²) in [6.07, 6.45) is 1.76. The van der Waals surface area contributed by atoms with Crippen molar-refractivity contribution in [3.63, 3.8) is 0 Å². The molecule has 0 bridgehead atoms. The number of aromatic nitrogens is 2. The Morgan fingerprint density at radius 2 is 1.56 bits per heavy atom. The highest BCUT2D eigenvalue weighted by molar-refractivity contribution is 8.93. The number of phenols is 1. The average molecular weight is 594 g/mol. The molecule has 0 aliphatic rings. The number of phenolic OH excluding ortho intramolecular Hbond substituents is 1. The van der Waals surface area contributed by atoms with Crippen molar-refractivity contribution < 1.29 is 14.7 Å². The van der Waals surface area contributed by atoms with E-state index in [1.807, 2.05) is 86.9 Å². The van der Waals surface area contributed by atoms with Gasteiger partial charge in [0.05, 0.1) is 29.7 Å². The van der Waals surface area contributed by atoms with Gasteiger partial charge in [-0.25, -0.2) is 0 Å². The summed E-state index contributed by atoms with van der Waals surface area (Å²) in [5.41, 5.74) is 3.41. The highest BCUT2D eigenvalue weighted by Gasteiger charge is 2.26. The van der Waals surface area contributed by atoms with Gasteiger partial charge >= 0.3 is 0 Å². The molecule has 0 atom stereocenters. The summed E-state index contributed by atoms with van der Waals surface area (Å²) in [5.74, 6) is -0.736. The summed E-state index contributed by atoms with van der Waals surface area (Å²) in [7, 11) is 0. The molecule has 1 heterocycles. The molecular formula is C31H37BrN4O3. The Balaban J connectivity index is 0.00000420. The highest BCUT2D eigenvalue weighted by Crippen LogP contribution is 2.35. The lowest BCUT2D eigenvalue weighted by molar-refractivity contribution is 0.0950. The molecule has 4 aromatic rings. The van der Waals surface area contributed by atoms with E-state index in [1.165, 1.54) is 6.07 Å². The Hall–Kier alpha value is -3.65. The van der Waals surface area contributed by atoms with Crippen LogP contribution >= 0.6 is 17.0 Å². The van der Waals surface area contributed by atoms with Gasteiger partial charge in [-0.1, -0.05) is 76.6 Å². The van der Waals surface area contributed by atoms with Crippen LogP contribution in [0.25, 0.3) is 11.0 Å². The molecule has 0 saturated heterocycles. The summed E-state index contributed by atoms with van der Waals surface area (Å²) in [6.45, 7) is 8.78. The van der Waals surface area contributed by atoms with Crippen molar-refractivity contribution in [3.05, 3.63) is 94.6 Å². The molecule has 1 amide bonds. The third-order valence-corrected chi connectivity index (χ3v) is 6.76. The molecule has 206 valence electrons. The number of hydrogen-bond donors (Lipinski definition) is 3. The van der Waals surface area contributed by atoms with Crippen LogP contribution in [0.4, 0.5) is 0 Å². The minimum Gasteiger partial charge on any atom is -0.507 e. The number of nitrogens with zero attached hydrogens (tertiary/aromatic N) is 2. The smallest absolute Gasteiger partial charge is 0.255 e. The van der Waals surface area contributed by atoms with E-state index in [-0.39, 0.29) is 46.2 Å². The van der Waals surface area contributed by atoms with Crippen LogP contribution in [0.3, 0.4) is 0 Å². The summed E-state index contributed by atoms with van der Waals surface area (Å²) >= 11 is 0. The maximum absolute atomic E-state index is 13.7. The molecule has 1 aromatic heterocycles. The Bertz CT molecular complexity index is 1530. The molecule has 0 spiro atoms. The van der Waals surface area contributed by atoms with Crippen LogP contribution < -0.4 is 10.9 Å². The molecule has 7 nitrogen and oxygen atoms in total. The number of aromatic hydroxyl groups is 1. The van der Waals surface area contributed by atoms with Crippen molar-refractivity contribution >= 4 is 39.7 Å². The number of benzene rings is 3. The number of rotatable bonds is 9. The number of amides is 1. The first-order chi connectivity index (χ1) is 18.1. The van der Waals surface area contributed by atoms with Crippen molar-refractivity contribution in [2.75, 3.05) is 6.54 Å². The second-order valence-electron chi connectivity index (χ2n) is 10.7. The van der Waals surface area contributed by atoms with Crippen LogP contribution in [0.5, 0.6) is 5.75 Å². The molecule has 39 heavy (non-hydrogen) atoms. The Morgan fingerprint density at radius 1 is 0.949 bits per heavy atom. The molecule has 3 aromatic carbocycles. The normalized spacial score (nSPS) is 11.3. The molecule has 0 saturated carbocycles. The zero-order valence-corrected chi connectivity index (χ0v) is 24.7. The minimum atomic E-state index is -0.488. The van der Waals surface area contributed by atoms with Crippen LogP contribution in [-0.2, 0) is 18.5 Å². The van der Waals surface area contributed by atoms with Gasteiger partial charge in [-0.2, -0.15) is 0 Å². The van der Waals surface area contributed by atoms with Crippen LogP contribution in [0, 0.1) is 5.41 Å². The maximum Gasteiger partial charge on any atom is 0.255 e. The Morgan fingerprint density at radius 3 is 2.18 bits per heavy atom. The van der Waals surface area contributed by atoms with Crippen LogP contribution in [0.2, 0.25) is 0 Å². The first-order valence-corrected chi connectivity index (χ1v) is 13.1. The molecule has 8 heteroatoms. The van der Waals surface area contributed by atoms with Gasteiger partial charge in [-0.05, 0) is 41.7 Å². The quantitative estimate of drug-likeness (QED) is 0.165. The lowest BCUT2D eigenvalue weighted by atomic mass is 9.83. The lowest BCUT2D eigenvalue weighted by Gasteiger charge is -2.23. The molecule has 0 fully saturated rings. The molecule has 0 aliphatic heterocycles. The number of carbonyl (C=O) groups is 2. The number of Topliss-reactive ketones (excluding diaryl/α,β-unsaturated/α-hetero) is 1. The number of fused-ring (bicyclic) bond motifs is 1. The lowest BCUT2D eigenvalue weighted by Crippen LogP contribution is -2.28. The molecule has 0 unspecified atom stereocenters. The topological polar surface area (TPSA) is 100 Å². The van der Waals surface area contributed by atoms with E-state index in [2.05, 4.69) is 5.32 Å². The third kappa shape index (κ3) is 6.50. The number of nitrogens with one attached hydrogen (secondary N) is 2. The molecule has 4 rings (SSSR count). The highest BCUT2D eigenvalue weighted by atomic mass is 79.9. The van der Waals surface area contributed by atoms with Gasteiger partial charge in [0, 0.05) is 17.7 Å². The average Bonchev–Trinajstić information content (AvgIpc) is 3.14. The molecule has 3 N–H and O–H groups in total. The summed E-state index contributed by atoms with van der Waals surface area (Å²) in [6, 6.07) is 20.8. The number of halogens is 1.